The molecule has 0 bridgehead atoms. The third-order valence-electron chi connectivity index (χ3n) is 5.76. The van der Waals surface area contributed by atoms with E-state index < -0.39 is 0 Å². The molecule has 0 aliphatic carbocycles. The SMILES string of the molecule is O=C1CCc2cc(OCCCC(=O)N3CCN(CCc4cccs4)CC3)ccc2N1. The Bertz CT molecular complexity index is 861. The second-order valence-electron chi connectivity index (χ2n) is 7.87. The zero-order valence-electron chi connectivity index (χ0n) is 17.3. The number of carbonyl (C=O) groups is 2. The van der Waals surface area contributed by atoms with Gasteiger partial charge in [0.1, 0.15) is 5.75 Å². The van der Waals surface area contributed by atoms with Gasteiger partial charge in [-0.1, -0.05) is 6.07 Å². The number of rotatable bonds is 8. The van der Waals surface area contributed by atoms with Crippen LogP contribution >= 0.6 is 11.3 Å². The van der Waals surface area contributed by atoms with Crippen molar-refractivity contribution in [2.75, 3.05) is 44.6 Å². The maximum absolute atomic E-state index is 12.5. The Kier molecular flexibility index (Phi) is 7.02. The number of thiophene rings is 1. The molecule has 1 N–H and O–H groups in total. The molecular weight excluding hydrogens is 398 g/mol. The van der Waals surface area contributed by atoms with E-state index in [1.165, 1.54) is 4.88 Å². The van der Waals surface area contributed by atoms with Crippen molar-refractivity contribution in [1.29, 1.82) is 0 Å². The van der Waals surface area contributed by atoms with Crippen molar-refractivity contribution in [2.45, 2.75) is 32.1 Å². The highest BCUT2D eigenvalue weighted by Crippen LogP contribution is 2.26. The Balaban J connectivity index is 1.12. The number of ether oxygens (including phenoxy) is 1. The third-order valence-corrected chi connectivity index (χ3v) is 6.69. The van der Waals surface area contributed by atoms with Crippen LogP contribution in [-0.2, 0) is 22.4 Å². The summed E-state index contributed by atoms with van der Waals surface area (Å²) in [5.74, 6) is 1.10. The van der Waals surface area contributed by atoms with Gasteiger partial charge in [-0.2, -0.15) is 0 Å². The molecule has 0 radical (unpaired) electrons. The second kappa shape index (κ2) is 10.1. The van der Waals surface area contributed by atoms with Gasteiger partial charge in [-0.05, 0) is 54.5 Å². The zero-order valence-corrected chi connectivity index (χ0v) is 18.1. The van der Waals surface area contributed by atoms with Crippen molar-refractivity contribution < 1.29 is 14.3 Å². The number of carbonyl (C=O) groups excluding carboxylic acids is 2. The summed E-state index contributed by atoms with van der Waals surface area (Å²) in [5.41, 5.74) is 1.99. The topological polar surface area (TPSA) is 61.9 Å². The highest BCUT2D eigenvalue weighted by atomic mass is 32.1. The van der Waals surface area contributed by atoms with E-state index in [4.69, 9.17) is 4.74 Å². The maximum Gasteiger partial charge on any atom is 0.224 e. The first-order valence-electron chi connectivity index (χ1n) is 10.8. The van der Waals surface area contributed by atoms with Crippen LogP contribution in [0.25, 0.3) is 0 Å². The molecule has 3 heterocycles. The number of hydrogen-bond acceptors (Lipinski definition) is 5. The average molecular weight is 428 g/mol. The minimum Gasteiger partial charge on any atom is -0.494 e. The maximum atomic E-state index is 12.5. The summed E-state index contributed by atoms with van der Waals surface area (Å²) in [5, 5.41) is 5.00. The van der Waals surface area contributed by atoms with E-state index in [0.717, 1.165) is 62.6 Å². The number of aryl methyl sites for hydroxylation is 1. The van der Waals surface area contributed by atoms with Crippen molar-refractivity contribution in [2.24, 2.45) is 0 Å². The largest absolute Gasteiger partial charge is 0.494 e. The summed E-state index contributed by atoms with van der Waals surface area (Å²) in [6, 6.07) is 10.1. The highest BCUT2D eigenvalue weighted by Gasteiger charge is 2.20. The van der Waals surface area contributed by atoms with Crippen LogP contribution in [0.5, 0.6) is 5.75 Å². The number of nitrogens with one attached hydrogen (secondary N) is 1. The van der Waals surface area contributed by atoms with E-state index in [-0.39, 0.29) is 11.8 Å². The monoisotopic (exact) mass is 427 g/mol. The van der Waals surface area contributed by atoms with Crippen LogP contribution in [0.1, 0.15) is 29.7 Å². The zero-order chi connectivity index (χ0) is 20.8. The number of amides is 2. The molecular formula is C23H29N3O3S. The van der Waals surface area contributed by atoms with Gasteiger partial charge in [0.15, 0.2) is 0 Å². The van der Waals surface area contributed by atoms with Gasteiger partial charge in [0.05, 0.1) is 6.61 Å². The molecule has 2 aromatic rings. The van der Waals surface area contributed by atoms with Gasteiger partial charge < -0.3 is 15.0 Å². The molecule has 4 rings (SSSR count). The van der Waals surface area contributed by atoms with E-state index in [1.54, 1.807) is 0 Å². The van der Waals surface area contributed by atoms with E-state index in [9.17, 15) is 9.59 Å². The molecule has 0 saturated carbocycles. The van der Waals surface area contributed by atoms with Crippen LogP contribution in [0.3, 0.4) is 0 Å². The van der Waals surface area contributed by atoms with Gasteiger partial charge in [-0.3, -0.25) is 14.5 Å². The molecule has 1 aromatic heterocycles. The molecule has 1 fully saturated rings. The molecule has 0 spiro atoms. The summed E-state index contributed by atoms with van der Waals surface area (Å²) in [4.78, 5) is 29.8. The second-order valence-corrected chi connectivity index (χ2v) is 8.90. The predicted octanol–water partition coefficient (Wildman–Crippen LogP) is 3.18. The summed E-state index contributed by atoms with van der Waals surface area (Å²) < 4.78 is 5.83. The Morgan fingerprint density at radius 2 is 2.00 bits per heavy atom. The van der Waals surface area contributed by atoms with Crippen molar-refractivity contribution >= 4 is 28.8 Å². The Labute approximate surface area is 181 Å². The average Bonchev–Trinajstić information content (AvgIpc) is 3.29. The standard InChI is InChI=1S/C23H29N3O3S/c27-22-8-5-18-17-19(6-7-21(18)24-22)29-15-1-4-23(28)26-13-11-25(12-14-26)10-9-20-3-2-16-30-20/h2-3,6-7,16-17H,1,4-5,8-15H2,(H,24,27). The number of fused-ring (bicyclic) bond motifs is 1. The number of hydrogen-bond donors (Lipinski definition) is 1. The van der Waals surface area contributed by atoms with E-state index in [1.807, 2.05) is 34.4 Å². The van der Waals surface area contributed by atoms with Crippen LogP contribution in [0.4, 0.5) is 5.69 Å². The molecule has 0 unspecified atom stereocenters. The van der Waals surface area contributed by atoms with Gasteiger partial charge in [0, 0.05) is 56.1 Å². The summed E-state index contributed by atoms with van der Waals surface area (Å²) in [7, 11) is 0. The lowest BCUT2D eigenvalue weighted by atomic mass is 10.0. The van der Waals surface area contributed by atoms with E-state index >= 15 is 0 Å². The minimum absolute atomic E-state index is 0.0676. The number of benzene rings is 1. The molecule has 160 valence electrons. The van der Waals surface area contributed by atoms with Crippen LogP contribution < -0.4 is 10.1 Å². The normalized spacial score (nSPS) is 16.8. The van der Waals surface area contributed by atoms with Crippen molar-refractivity contribution in [3.63, 3.8) is 0 Å². The minimum atomic E-state index is 0.0676. The molecule has 7 heteroatoms. The Morgan fingerprint density at radius 3 is 2.80 bits per heavy atom. The Hall–Kier alpha value is -2.38. The number of nitrogens with zero attached hydrogens (tertiary/aromatic N) is 2. The summed E-state index contributed by atoms with van der Waals surface area (Å²) in [6.07, 6.45) is 3.60. The van der Waals surface area contributed by atoms with Crippen LogP contribution in [0.15, 0.2) is 35.7 Å². The van der Waals surface area contributed by atoms with Gasteiger partial charge in [0.25, 0.3) is 0 Å². The van der Waals surface area contributed by atoms with Crippen LogP contribution in [0.2, 0.25) is 0 Å². The lowest BCUT2D eigenvalue weighted by Crippen LogP contribution is -2.49. The third kappa shape index (κ3) is 5.61. The predicted molar refractivity (Wildman–Crippen MR) is 119 cm³/mol. The van der Waals surface area contributed by atoms with Crippen LogP contribution in [-0.4, -0.2) is 60.9 Å². The molecule has 30 heavy (non-hydrogen) atoms. The molecule has 2 aliphatic rings. The van der Waals surface area contributed by atoms with Gasteiger partial charge in [0.2, 0.25) is 11.8 Å². The first-order chi connectivity index (χ1) is 14.7. The lowest BCUT2D eigenvalue weighted by molar-refractivity contribution is -0.133. The van der Waals surface area contributed by atoms with Crippen LogP contribution in [0, 0.1) is 0 Å². The fraction of sp³-hybridized carbons (Fsp3) is 0.478. The van der Waals surface area contributed by atoms with Crippen molar-refractivity contribution in [1.82, 2.24) is 9.80 Å². The number of piperazine rings is 1. The summed E-state index contributed by atoms with van der Waals surface area (Å²) >= 11 is 1.81. The number of anilines is 1. The molecule has 0 atom stereocenters. The van der Waals surface area contributed by atoms with E-state index in [2.05, 4.69) is 27.7 Å². The summed E-state index contributed by atoms with van der Waals surface area (Å²) in [6.45, 7) is 5.15. The quantitative estimate of drug-likeness (QED) is 0.658. The Morgan fingerprint density at radius 1 is 1.13 bits per heavy atom. The molecule has 1 aromatic carbocycles. The van der Waals surface area contributed by atoms with Gasteiger partial charge >= 0.3 is 0 Å². The fourth-order valence-corrected chi connectivity index (χ4v) is 4.66. The van der Waals surface area contributed by atoms with Crippen molar-refractivity contribution in [3.8, 4) is 5.75 Å². The fourth-order valence-electron chi connectivity index (χ4n) is 3.97. The van der Waals surface area contributed by atoms with Gasteiger partial charge in [-0.25, -0.2) is 0 Å². The smallest absolute Gasteiger partial charge is 0.224 e. The molecule has 6 nitrogen and oxygen atoms in total. The first-order valence-corrected chi connectivity index (χ1v) is 11.6. The van der Waals surface area contributed by atoms with Gasteiger partial charge in [-0.15, -0.1) is 11.3 Å². The highest BCUT2D eigenvalue weighted by molar-refractivity contribution is 7.09. The molecule has 2 aliphatic heterocycles. The molecule has 2 amide bonds. The van der Waals surface area contributed by atoms with Crippen molar-refractivity contribution in [3.05, 3.63) is 46.2 Å². The molecule has 1 saturated heterocycles. The lowest BCUT2D eigenvalue weighted by Gasteiger charge is -2.34. The first kappa shape index (κ1) is 20.9. The van der Waals surface area contributed by atoms with E-state index in [0.29, 0.717) is 25.9 Å².